The van der Waals surface area contributed by atoms with Crippen molar-refractivity contribution < 1.29 is 27.1 Å². The number of carbonyl (C=O) groups excluding carboxylic acids is 1. The molecule has 0 saturated heterocycles. The van der Waals surface area contributed by atoms with Crippen LogP contribution in [0.15, 0.2) is 54.6 Å². The molecule has 0 saturated carbocycles. The van der Waals surface area contributed by atoms with E-state index in [1.165, 1.54) is 24.3 Å². The van der Waals surface area contributed by atoms with Crippen LogP contribution >= 0.6 is 11.3 Å². The molecule has 2 aromatic carbocycles. The second-order valence-corrected chi connectivity index (χ2v) is 7.25. The molecule has 0 bridgehead atoms. The lowest BCUT2D eigenvalue weighted by atomic mass is 10.2. The third-order valence-corrected chi connectivity index (χ3v) is 5.28. The molecular weight excluding hydrogens is 408 g/mol. The zero-order valence-corrected chi connectivity index (χ0v) is 15.6. The van der Waals surface area contributed by atoms with Crippen LogP contribution in [-0.4, -0.2) is 15.7 Å². The summed E-state index contributed by atoms with van der Waals surface area (Å²) < 4.78 is 58.4. The number of ether oxygens (including phenoxy) is 1. The van der Waals surface area contributed by atoms with Crippen LogP contribution in [0.5, 0.6) is 5.75 Å². The lowest BCUT2D eigenvalue weighted by Crippen LogP contribution is -2.09. The second kappa shape index (κ2) is 7.00. The monoisotopic (exact) mass is 420 g/mol. The first-order valence-corrected chi connectivity index (χ1v) is 9.18. The Balaban J connectivity index is 1.66. The fraction of sp³-hybridized carbons (Fsp3) is 0.100. The van der Waals surface area contributed by atoms with Gasteiger partial charge in [-0.25, -0.2) is 13.9 Å². The molecule has 4 aromatic rings. The highest BCUT2D eigenvalue weighted by atomic mass is 32.1. The standard InChI is InChI=1S/C20H12F4N2O2S/c1-11-16-10-17(19(27)28-15-4-2-3-12(9-15)20(22,23)24)29-18(16)26(25-11)14-7-5-13(21)6-8-14/h2-10H,1H3. The van der Waals surface area contributed by atoms with E-state index in [1.807, 2.05) is 0 Å². The third-order valence-electron chi connectivity index (χ3n) is 4.19. The third kappa shape index (κ3) is 3.73. The molecule has 0 N–H and O–H groups in total. The predicted molar refractivity (Wildman–Crippen MR) is 100 cm³/mol. The van der Waals surface area contributed by atoms with Crippen molar-refractivity contribution in [1.82, 2.24) is 9.78 Å². The van der Waals surface area contributed by atoms with E-state index in [0.717, 1.165) is 23.5 Å². The van der Waals surface area contributed by atoms with E-state index in [4.69, 9.17) is 4.74 Å². The zero-order chi connectivity index (χ0) is 20.8. The largest absolute Gasteiger partial charge is 0.422 e. The molecule has 2 heterocycles. The van der Waals surface area contributed by atoms with Gasteiger partial charge in [-0.05, 0) is 55.5 Å². The molecule has 0 fully saturated rings. The molecule has 148 valence electrons. The maximum atomic E-state index is 13.2. The van der Waals surface area contributed by atoms with Crippen molar-refractivity contribution in [3.05, 3.63) is 76.5 Å². The molecule has 0 unspecified atom stereocenters. The number of halogens is 4. The van der Waals surface area contributed by atoms with Crippen molar-refractivity contribution in [3.8, 4) is 11.4 Å². The molecule has 0 atom stereocenters. The number of nitrogens with zero attached hydrogens (tertiary/aromatic N) is 2. The molecule has 0 aliphatic rings. The quantitative estimate of drug-likeness (QED) is 0.240. The van der Waals surface area contributed by atoms with Gasteiger partial charge in [-0.15, -0.1) is 11.3 Å². The Morgan fingerprint density at radius 2 is 1.83 bits per heavy atom. The predicted octanol–water partition coefficient (Wildman–Crippen LogP) is 5.77. The number of hydrogen-bond donors (Lipinski definition) is 0. The van der Waals surface area contributed by atoms with Crippen LogP contribution in [0.3, 0.4) is 0 Å². The number of benzene rings is 2. The molecule has 29 heavy (non-hydrogen) atoms. The van der Waals surface area contributed by atoms with Crippen molar-refractivity contribution in [3.63, 3.8) is 0 Å². The van der Waals surface area contributed by atoms with Gasteiger partial charge in [0.25, 0.3) is 0 Å². The minimum atomic E-state index is -4.53. The van der Waals surface area contributed by atoms with Gasteiger partial charge in [0.05, 0.1) is 16.9 Å². The summed E-state index contributed by atoms with van der Waals surface area (Å²) in [6.45, 7) is 1.76. The van der Waals surface area contributed by atoms with Crippen LogP contribution in [0, 0.1) is 12.7 Å². The first-order chi connectivity index (χ1) is 13.7. The van der Waals surface area contributed by atoms with Crippen LogP contribution in [0.2, 0.25) is 0 Å². The van der Waals surface area contributed by atoms with Crippen molar-refractivity contribution in [2.45, 2.75) is 13.1 Å². The summed E-state index contributed by atoms with van der Waals surface area (Å²) in [7, 11) is 0. The average Bonchev–Trinajstić information content (AvgIpc) is 3.23. The van der Waals surface area contributed by atoms with E-state index in [9.17, 15) is 22.4 Å². The lowest BCUT2D eigenvalue weighted by molar-refractivity contribution is -0.137. The summed E-state index contributed by atoms with van der Waals surface area (Å²) in [6.07, 6.45) is -4.53. The summed E-state index contributed by atoms with van der Waals surface area (Å²) in [6, 6.07) is 11.4. The number of aryl methyl sites for hydroxylation is 1. The van der Waals surface area contributed by atoms with Gasteiger partial charge in [0.2, 0.25) is 0 Å². The van der Waals surface area contributed by atoms with Gasteiger partial charge in [-0.2, -0.15) is 18.3 Å². The molecular formula is C20H12F4N2O2S. The number of hydrogen-bond acceptors (Lipinski definition) is 4. The van der Waals surface area contributed by atoms with Crippen molar-refractivity contribution in [2.75, 3.05) is 0 Å². The number of thiophene rings is 1. The van der Waals surface area contributed by atoms with Gasteiger partial charge in [0.15, 0.2) is 0 Å². The minimum absolute atomic E-state index is 0.195. The van der Waals surface area contributed by atoms with E-state index < -0.39 is 17.7 Å². The van der Waals surface area contributed by atoms with Gasteiger partial charge in [0.1, 0.15) is 21.3 Å². The summed E-state index contributed by atoms with van der Waals surface area (Å²) in [5.74, 6) is -1.35. The van der Waals surface area contributed by atoms with Crippen molar-refractivity contribution in [1.29, 1.82) is 0 Å². The number of carbonyl (C=O) groups is 1. The highest BCUT2D eigenvalue weighted by Gasteiger charge is 2.31. The van der Waals surface area contributed by atoms with Crippen molar-refractivity contribution >= 4 is 27.5 Å². The highest BCUT2D eigenvalue weighted by molar-refractivity contribution is 7.20. The molecule has 2 aromatic heterocycles. The first kappa shape index (κ1) is 19.1. The summed E-state index contributed by atoms with van der Waals surface area (Å²) in [5.41, 5.74) is 0.366. The van der Waals surface area contributed by atoms with Gasteiger partial charge in [-0.1, -0.05) is 6.07 Å². The summed E-state index contributed by atoms with van der Waals surface area (Å²) in [5, 5.41) is 5.10. The Labute approximate surface area is 166 Å². The smallest absolute Gasteiger partial charge is 0.416 e. The number of aromatic nitrogens is 2. The molecule has 0 aliphatic carbocycles. The molecule has 4 rings (SSSR count). The number of esters is 1. The van der Waals surface area contributed by atoms with Gasteiger partial charge < -0.3 is 4.74 Å². The zero-order valence-electron chi connectivity index (χ0n) is 14.8. The van der Waals surface area contributed by atoms with Crippen LogP contribution in [0.4, 0.5) is 17.6 Å². The second-order valence-electron chi connectivity index (χ2n) is 6.22. The number of alkyl halides is 3. The van der Waals surface area contributed by atoms with Crippen molar-refractivity contribution in [2.24, 2.45) is 0 Å². The Bertz CT molecular complexity index is 1210. The van der Waals surface area contributed by atoms with E-state index in [1.54, 1.807) is 29.8 Å². The maximum Gasteiger partial charge on any atom is 0.416 e. The molecule has 0 radical (unpaired) electrons. The Hall–Kier alpha value is -3.20. The number of rotatable bonds is 3. The molecule has 4 nitrogen and oxygen atoms in total. The van der Waals surface area contributed by atoms with E-state index in [-0.39, 0.29) is 16.4 Å². The normalized spacial score (nSPS) is 11.8. The summed E-state index contributed by atoms with van der Waals surface area (Å²) in [4.78, 5) is 13.3. The Kier molecular flexibility index (Phi) is 4.62. The maximum absolute atomic E-state index is 13.2. The van der Waals surface area contributed by atoms with Crippen LogP contribution < -0.4 is 4.74 Å². The lowest BCUT2D eigenvalue weighted by Gasteiger charge is -2.08. The fourth-order valence-electron chi connectivity index (χ4n) is 2.80. The van der Waals surface area contributed by atoms with Crippen LogP contribution in [0.1, 0.15) is 20.9 Å². The average molecular weight is 420 g/mol. The van der Waals surface area contributed by atoms with Gasteiger partial charge in [-0.3, -0.25) is 0 Å². The fourth-order valence-corrected chi connectivity index (χ4v) is 3.86. The SMILES string of the molecule is Cc1nn(-c2ccc(F)cc2)c2sc(C(=O)Oc3cccc(C(F)(F)F)c3)cc12. The topological polar surface area (TPSA) is 44.1 Å². The summed E-state index contributed by atoms with van der Waals surface area (Å²) >= 11 is 1.09. The van der Waals surface area contributed by atoms with Gasteiger partial charge >= 0.3 is 12.1 Å². The number of fused-ring (bicyclic) bond motifs is 1. The molecule has 0 aliphatic heterocycles. The first-order valence-electron chi connectivity index (χ1n) is 8.37. The Morgan fingerprint density at radius 1 is 1.10 bits per heavy atom. The Morgan fingerprint density at radius 3 is 2.52 bits per heavy atom. The van der Waals surface area contributed by atoms with Crippen LogP contribution in [-0.2, 0) is 6.18 Å². The van der Waals surface area contributed by atoms with E-state index >= 15 is 0 Å². The minimum Gasteiger partial charge on any atom is -0.422 e. The van der Waals surface area contributed by atoms with E-state index in [0.29, 0.717) is 21.6 Å². The molecule has 0 amide bonds. The molecule has 0 spiro atoms. The van der Waals surface area contributed by atoms with Gasteiger partial charge in [0, 0.05) is 5.39 Å². The molecule has 9 heteroatoms. The highest BCUT2D eigenvalue weighted by Crippen LogP contribution is 2.33. The van der Waals surface area contributed by atoms with E-state index in [2.05, 4.69) is 5.10 Å². The van der Waals surface area contributed by atoms with Crippen LogP contribution in [0.25, 0.3) is 15.9 Å².